The molecule has 1 fully saturated rings. The average Bonchev–Trinajstić information content (AvgIpc) is 2.92. The summed E-state index contributed by atoms with van der Waals surface area (Å²) in [5.41, 5.74) is -0.565. The maximum Gasteiger partial charge on any atom is 0.129 e. The molecule has 0 aliphatic carbocycles. The fourth-order valence-corrected chi connectivity index (χ4v) is 4.51. The first-order chi connectivity index (χ1) is 13.1. The van der Waals surface area contributed by atoms with Gasteiger partial charge in [0, 0.05) is 39.7 Å². The lowest BCUT2D eigenvalue weighted by atomic mass is 9.65. The normalized spacial score (nSPS) is 24.9. The molecule has 2 nitrogen and oxygen atoms in total. The van der Waals surface area contributed by atoms with Gasteiger partial charge in [0.1, 0.15) is 17.0 Å². The van der Waals surface area contributed by atoms with E-state index in [0.717, 1.165) is 0 Å². The molecule has 1 aliphatic rings. The van der Waals surface area contributed by atoms with Gasteiger partial charge in [0.05, 0.1) is 6.07 Å². The van der Waals surface area contributed by atoms with Gasteiger partial charge in [-0.1, -0.05) is 56.1 Å². The number of nitrogens with one attached hydrogen (secondary N) is 1. The summed E-state index contributed by atoms with van der Waals surface area (Å²) in [6.07, 6.45) is 0.600. The van der Waals surface area contributed by atoms with Gasteiger partial charge in [-0.2, -0.15) is 5.26 Å². The van der Waals surface area contributed by atoms with Crippen molar-refractivity contribution in [3.8, 4) is 6.07 Å². The minimum Gasteiger partial charge on any atom is -0.308 e. The zero-order valence-corrected chi connectivity index (χ0v) is 17.5. The van der Waals surface area contributed by atoms with E-state index in [2.05, 4.69) is 32.2 Å². The van der Waals surface area contributed by atoms with Crippen molar-refractivity contribution in [2.45, 2.75) is 38.6 Å². The van der Waals surface area contributed by atoms with Gasteiger partial charge >= 0.3 is 0 Å². The molecule has 3 atom stereocenters. The van der Waals surface area contributed by atoms with Crippen molar-refractivity contribution >= 4 is 23.2 Å². The Labute approximate surface area is 174 Å². The summed E-state index contributed by atoms with van der Waals surface area (Å²) < 4.78 is 29.5. The summed E-state index contributed by atoms with van der Waals surface area (Å²) >= 11 is 11.8. The predicted molar refractivity (Wildman–Crippen MR) is 108 cm³/mol. The van der Waals surface area contributed by atoms with Crippen molar-refractivity contribution in [2.75, 3.05) is 6.54 Å². The van der Waals surface area contributed by atoms with E-state index in [-0.39, 0.29) is 28.5 Å². The van der Waals surface area contributed by atoms with Gasteiger partial charge in [0.2, 0.25) is 0 Å². The molecule has 0 radical (unpaired) electrons. The summed E-state index contributed by atoms with van der Waals surface area (Å²) in [5, 5.41) is 14.1. The molecule has 0 bridgehead atoms. The van der Waals surface area contributed by atoms with E-state index in [9.17, 15) is 14.0 Å². The van der Waals surface area contributed by atoms with Gasteiger partial charge < -0.3 is 5.32 Å². The Morgan fingerprint density at radius 3 is 2.25 bits per heavy atom. The van der Waals surface area contributed by atoms with Gasteiger partial charge in [-0.25, -0.2) is 8.78 Å². The Hall–Kier alpha value is -1.67. The van der Waals surface area contributed by atoms with Crippen LogP contribution in [0.3, 0.4) is 0 Å². The topological polar surface area (TPSA) is 35.8 Å². The summed E-state index contributed by atoms with van der Waals surface area (Å²) in [6.45, 7) is 6.39. The molecule has 1 aliphatic heterocycles. The van der Waals surface area contributed by atoms with Crippen LogP contribution >= 0.6 is 23.2 Å². The average molecular weight is 423 g/mol. The minimum absolute atomic E-state index is 0.150. The van der Waals surface area contributed by atoms with E-state index in [4.69, 9.17) is 23.2 Å². The molecular formula is C22H22Cl2F2N2. The second-order valence-electron chi connectivity index (χ2n) is 8.60. The van der Waals surface area contributed by atoms with Crippen molar-refractivity contribution in [1.29, 1.82) is 5.26 Å². The maximum atomic E-state index is 14.8. The predicted octanol–water partition coefficient (Wildman–Crippen LogP) is 6.43. The molecule has 0 aromatic heterocycles. The quantitative estimate of drug-likeness (QED) is 0.618. The van der Waals surface area contributed by atoms with E-state index in [1.54, 1.807) is 24.3 Å². The first-order valence-corrected chi connectivity index (χ1v) is 9.88. The largest absolute Gasteiger partial charge is 0.308 e. The highest BCUT2D eigenvalue weighted by Gasteiger charge is 2.53. The van der Waals surface area contributed by atoms with Crippen LogP contribution in [-0.2, 0) is 5.41 Å². The van der Waals surface area contributed by atoms with Crippen molar-refractivity contribution in [2.24, 2.45) is 11.3 Å². The van der Waals surface area contributed by atoms with E-state index < -0.39 is 23.1 Å². The fraction of sp³-hybridized carbons (Fsp3) is 0.409. The molecule has 28 heavy (non-hydrogen) atoms. The van der Waals surface area contributed by atoms with Crippen molar-refractivity contribution in [3.05, 3.63) is 69.2 Å². The lowest BCUT2D eigenvalue weighted by molar-refractivity contribution is 0.230. The molecule has 2 aromatic rings. The molecule has 0 amide bonds. The molecule has 1 heterocycles. The Balaban J connectivity index is 2.16. The third kappa shape index (κ3) is 3.89. The first-order valence-electron chi connectivity index (χ1n) is 9.12. The number of benzene rings is 2. The Bertz CT molecular complexity index is 933. The molecular weight excluding hydrogens is 401 g/mol. The lowest BCUT2D eigenvalue weighted by Gasteiger charge is -2.36. The summed E-state index contributed by atoms with van der Waals surface area (Å²) in [4.78, 5) is 0. The van der Waals surface area contributed by atoms with Crippen LogP contribution < -0.4 is 5.32 Å². The molecule has 2 aromatic carbocycles. The standard InChI is InChI=1S/C22H22Cl2F2N2/c1-21(2,3)10-17-20(15-6-4-13(23)8-18(15)25)28-12-22(17,11-27)16-7-5-14(24)9-19(16)26/h4-9,17,20,28H,10,12H2,1-3H3/t17-,20-,22+/m1/s1. The molecule has 1 N–H and O–H groups in total. The van der Waals surface area contributed by atoms with E-state index >= 15 is 0 Å². The molecule has 3 rings (SSSR count). The molecule has 148 valence electrons. The van der Waals surface area contributed by atoms with Crippen molar-refractivity contribution in [1.82, 2.24) is 5.32 Å². The Morgan fingerprint density at radius 1 is 1.11 bits per heavy atom. The number of halogens is 4. The van der Waals surface area contributed by atoms with Crippen LogP contribution in [0.4, 0.5) is 8.78 Å². The van der Waals surface area contributed by atoms with E-state index in [1.807, 2.05) is 0 Å². The highest BCUT2D eigenvalue weighted by molar-refractivity contribution is 6.30. The molecule has 6 heteroatoms. The highest BCUT2D eigenvalue weighted by Crippen LogP contribution is 2.50. The van der Waals surface area contributed by atoms with Crippen molar-refractivity contribution in [3.63, 3.8) is 0 Å². The van der Waals surface area contributed by atoms with Gasteiger partial charge in [0.25, 0.3) is 0 Å². The summed E-state index contributed by atoms with van der Waals surface area (Å²) in [7, 11) is 0. The van der Waals surface area contributed by atoms with E-state index in [1.165, 1.54) is 12.1 Å². The zero-order valence-electron chi connectivity index (χ0n) is 16.0. The van der Waals surface area contributed by atoms with Gasteiger partial charge in [0.15, 0.2) is 0 Å². The monoisotopic (exact) mass is 422 g/mol. The number of hydrogen-bond donors (Lipinski definition) is 1. The number of nitriles is 1. The smallest absolute Gasteiger partial charge is 0.129 e. The second-order valence-corrected chi connectivity index (χ2v) is 9.48. The van der Waals surface area contributed by atoms with E-state index in [0.29, 0.717) is 17.0 Å². The van der Waals surface area contributed by atoms with Crippen LogP contribution in [0.5, 0.6) is 0 Å². The zero-order chi connectivity index (χ0) is 20.7. The first kappa shape index (κ1) is 21.0. The van der Waals surface area contributed by atoms with Gasteiger partial charge in [-0.05, 0) is 36.1 Å². The molecule has 1 saturated heterocycles. The third-order valence-corrected chi connectivity index (χ3v) is 5.85. The third-order valence-electron chi connectivity index (χ3n) is 5.38. The van der Waals surface area contributed by atoms with Crippen LogP contribution in [0.25, 0.3) is 0 Å². The van der Waals surface area contributed by atoms with Gasteiger partial charge in [-0.15, -0.1) is 0 Å². The Morgan fingerprint density at radius 2 is 1.71 bits per heavy atom. The number of hydrogen-bond acceptors (Lipinski definition) is 2. The highest BCUT2D eigenvalue weighted by atomic mass is 35.5. The SMILES string of the molecule is CC(C)(C)C[C@@H]1[C@@H](c2ccc(Cl)cc2F)NC[C@@]1(C#N)c1ccc(Cl)cc1F. The van der Waals surface area contributed by atoms with Crippen molar-refractivity contribution < 1.29 is 8.78 Å². The molecule has 0 unspecified atom stereocenters. The number of rotatable bonds is 3. The van der Waals surface area contributed by atoms with Crippen LogP contribution in [0.1, 0.15) is 44.4 Å². The molecule has 0 saturated carbocycles. The van der Waals surface area contributed by atoms with Crippen LogP contribution in [0, 0.1) is 34.3 Å². The summed E-state index contributed by atoms with van der Waals surface area (Å²) in [6, 6.07) is 10.8. The van der Waals surface area contributed by atoms with Crippen LogP contribution in [-0.4, -0.2) is 6.54 Å². The van der Waals surface area contributed by atoms with Gasteiger partial charge in [-0.3, -0.25) is 0 Å². The Kier molecular flexibility index (Phi) is 5.74. The number of nitrogens with zero attached hydrogens (tertiary/aromatic N) is 1. The molecule has 0 spiro atoms. The fourth-order valence-electron chi connectivity index (χ4n) is 4.19. The minimum atomic E-state index is -1.14. The maximum absolute atomic E-state index is 14.8. The second kappa shape index (κ2) is 7.63. The van der Waals surface area contributed by atoms with Crippen LogP contribution in [0.2, 0.25) is 10.0 Å². The lowest BCUT2D eigenvalue weighted by Crippen LogP contribution is -2.37. The van der Waals surface area contributed by atoms with Crippen LogP contribution in [0.15, 0.2) is 36.4 Å². The summed E-state index contributed by atoms with van der Waals surface area (Å²) in [5.74, 6) is -1.30.